The molecule has 1 aromatic carbocycles. The molecule has 1 aliphatic carbocycles. The molecule has 1 aliphatic rings. The minimum absolute atomic E-state index is 0.00127. The van der Waals surface area contributed by atoms with E-state index >= 15 is 0 Å². The van der Waals surface area contributed by atoms with Crippen molar-refractivity contribution in [2.24, 2.45) is 5.92 Å². The first-order valence-corrected chi connectivity index (χ1v) is 7.67. The average molecular weight is 354 g/mol. The Kier molecular flexibility index (Phi) is 5.93. The van der Waals surface area contributed by atoms with Gasteiger partial charge in [-0.1, -0.05) is 12.2 Å². The monoisotopic (exact) mass is 354 g/mol. The summed E-state index contributed by atoms with van der Waals surface area (Å²) in [5.74, 6) is -2.69. The van der Waals surface area contributed by atoms with E-state index in [2.05, 4.69) is 0 Å². The van der Waals surface area contributed by atoms with Gasteiger partial charge in [-0.25, -0.2) is 17.6 Å². The third-order valence-corrected chi connectivity index (χ3v) is 4.32. The fraction of sp³-hybridized carbons (Fsp3) is 0.529. The lowest BCUT2D eigenvalue weighted by atomic mass is 9.78. The molecular weight excluding hydrogens is 337 g/mol. The fourth-order valence-electron chi connectivity index (χ4n) is 3.09. The Morgan fingerprint density at radius 2 is 1.54 bits per heavy atom. The molecule has 1 saturated carbocycles. The van der Waals surface area contributed by atoms with Crippen LogP contribution in [0, 0.1) is 17.6 Å². The van der Waals surface area contributed by atoms with Gasteiger partial charge in [-0.2, -0.15) is 13.2 Å². The molecule has 0 atom stereocenters. The predicted octanol–water partition coefficient (Wildman–Crippen LogP) is 6.68. The highest BCUT2D eigenvalue weighted by atomic mass is 19.4. The van der Waals surface area contributed by atoms with Crippen LogP contribution in [0.5, 0.6) is 0 Å². The van der Waals surface area contributed by atoms with Gasteiger partial charge in [-0.15, -0.1) is 0 Å². The Hall–Kier alpha value is -1.53. The summed E-state index contributed by atoms with van der Waals surface area (Å²) in [7, 11) is 0. The zero-order valence-electron chi connectivity index (χ0n) is 12.7. The standard InChI is InChI=1S/C17H17F7/c18-13-8-12(9-14(19)15(13)16(20)21)11-5-3-10(4-6-11)2-1-7-17(22,23)24/h1-2,8-11,16H,3-7H2/t10-,11-. The zero-order chi connectivity index (χ0) is 17.9. The molecule has 24 heavy (non-hydrogen) atoms. The van der Waals surface area contributed by atoms with Gasteiger partial charge in [0.2, 0.25) is 0 Å². The van der Waals surface area contributed by atoms with Crippen LogP contribution in [0.4, 0.5) is 30.7 Å². The smallest absolute Gasteiger partial charge is 0.206 e. The first-order valence-electron chi connectivity index (χ1n) is 7.67. The van der Waals surface area contributed by atoms with Crippen LogP contribution in [0.3, 0.4) is 0 Å². The van der Waals surface area contributed by atoms with E-state index in [0.717, 1.165) is 18.2 Å². The third kappa shape index (κ3) is 4.98. The van der Waals surface area contributed by atoms with Crippen molar-refractivity contribution in [1.29, 1.82) is 0 Å². The van der Waals surface area contributed by atoms with E-state index in [4.69, 9.17) is 0 Å². The Balaban J connectivity index is 1.98. The van der Waals surface area contributed by atoms with Crippen molar-refractivity contribution < 1.29 is 30.7 Å². The van der Waals surface area contributed by atoms with Gasteiger partial charge in [-0.05, 0) is 55.2 Å². The van der Waals surface area contributed by atoms with Crippen LogP contribution >= 0.6 is 0 Å². The number of benzene rings is 1. The molecule has 0 bridgehead atoms. The fourth-order valence-corrected chi connectivity index (χ4v) is 3.09. The Morgan fingerprint density at radius 3 is 2.00 bits per heavy atom. The van der Waals surface area contributed by atoms with Gasteiger partial charge in [0.05, 0.1) is 12.0 Å². The highest BCUT2D eigenvalue weighted by Gasteiger charge is 2.27. The topological polar surface area (TPSA) is 0 Å². The van der Waals surface area contributed by atoms with Gasteiger partial charge in [0.1, 0.15) is 11.6 Å². The van der Waals surface area contributed by atoms with Crippen molar-refractivity contribution in [3.05, 3.63) is 47.0 Å². The lowest BCUT2D eigenvalue weighted by Gasteiger charge is -2.27. The molecule has 0 spiro atoms. The van der Waals surface area contributed by atoms with Crippen LogP contribution in [0.25, 0.3) is 0 Å². The largest absolute Gasteiger partial charge is 0.392 e. The second-order valence-corrected chi connectivity index (χ2v) is 6.06. The second kappa shape index (κ2) is 7.57. The van der Waals surface area contributed by atoms with Crippen molar-refractivity contribution >= 4 is 0 Å². The van der Waals surface area contributed by atoms with E-state index in [9.17, 15) is 30.7 Å². The van der Waals surface area contributed by atoms with Crippen LogP contribution in [-0.2, 0) is 0 Å². The predicted molar refractivity (Wildman–Crippen MR) is 75.8 cm³/mol. The molecule has 0 radical (unpaired) electrons. The number of rotatable bonds is 4. The van der Waals surface area contributed by atoms with Crippen LogP contribution in [-0.4, -0.2) is 6.18 Å². The summed E-state index contributed by atoms with van der Waals surface area (Å²) in [5.41, 5.74) is -0.894. The van der Waals surface area contributed by atoms with Gasteiger partial charge in [-0.3, -0.25) is 0 Å². The molecule has 0 N–H and O–H groups in total. The number of allylic oxidation sites excluding steroid dienone is 2. The first kappa shape index (κ1) is 18.8. The molecule has 7 heteroatoms. The normalized spacial score (nSPS) is 22.5. The zero-order valence-corrected chi connectivity index (χ0v) is 12.7. The number of hydrogen-bond acceptors (Lipinski definition) is 0. The van der Waals surface area contributed by atoms with Crippen LogP contribution in [0.1, 0.15) is 55.6 Å². The van der Waals surface area contributed by atoms with Crippen molar-refractivity contribution in [2.75, 3.05) is 0 Å². The van der Waals surface area contributed by atoms with Crippen molar-refractivity contribution in [3.63, 3.8) is 0 Å². The minimum Gasteiger partial charge on any atom is -0.206 e. The molecule has 0 unspecified atom stereocenters. The second-order valence-electron chi connectivity index (χ2n) is 6.06. The molecule has 134 valence electrons. The van der Waals surface area contributed by atoms with E-state index in [0.29, 0.717) is 31.2 Å². The maximum atomic E-state index is 13.6. The van der Waals surface area contributed by atoms with Gasteiger partial charge < -0.3 is 0 Å². The number of halogens is 7. The minimum atomic E-state index is -4.23. The average Bonchev–Trinajstić information content (AvgIpc) is 2.45. The van der Waals surface area contributed by atoms with Gasteiger partial charge >= 0.3 is 6.18 Å². The Morgan fingerprint density at radius 1 is 1.00 bits per heavy atom. The lowest BCUT2D eigenvalue weighted by molar-refractivity contribution is -0.125. The van der Waals surface area contributed by atoms with Crippen LogP contribution < -0.4 is 0 Å². The lowest BCUT2D eigenvalue weighted by Crippen LogP contribution is -2.13. The molecular formula is C17H17F7. The van der Waals surface area contributed by atoms with Crippen LogP contribution in [0.2, 0.25) is 0 Å². The van der Waals surface area contributed by atoms with E-state index in [-0.39, 0.29) is 11.8 Å². The maximum absolute atomic E-state index is 13.6. The summed E-state index contributed by atoms with van der Waals surface area (Å²) in [5, 5.41) is 0. The van der Waals surface area contributed by atoms with Crippen LogP contribution in [0.15, 0.2) is 24.3 Å². The highest BCUT2D eigenvalue weighted by molar-refractivity contribution is 5.29. The molecule has 0 saturated heterocycles. The molecule has 2 rings (SSSR count). The maximum Gasteiger partial charge on any atom is 0.392 e. The van der Waals surface area contributed by atoms with Crippen molar-refractivity contribution in [2.45, 2.75) is 50.6 Å². The van der Waals surface area contributed by atoms with E-state index in [1.54, 1.807) is 0 Å². The molecule has 0 aromatic heterocycles. The van der Waals surface area contributed by atoms with Crippen molar-refractivity contribution in [3.8, 4) is 0 Å². The molecule has 1 fully saturated rings. The summed E-state index contributed by atoms with van der Waals surface area (Å²) in [6.07, 6.45) is -3.49. The SMILES string of the molecule is Fc1cc([C@H]2CC[C@H](C=CCC(F)(F)F)CC2)cc(F)c1C(F)F. The van der Waals surface area contributed by atoms with Gasteiger partial charge in [0, 0.05) is 0 Å². The molecule has 0 aliphatic heterocycles. The quantitative estimate of drug-likeness (QED) is 0.418. The molecule has 1 aromatic rings. The summed E-state index contributed by atoms with van der Waals surface area (Å²) in [4.78, 5) is 0. The summed E-state index contributed by atoms with van der Waals surface area (Å²) >= 11 is 0. The number of hydrogen-bond donors (Lipinski definition) is 0. The summed E-state index contributed by atoms with van der Waals surface area (Å²) in [6, 6.07) is 1.88. The third-order valence-electron chi connectivity index (χ3n) is 4.32. The Labute approximate surface area is 135 Å². The molecule has 0 heterocycles. The van der Waals surface area contributed by atoms with Gasteiger partial charge in [0.15, 0.2) is 0 Å². The molecule has 0 amide bonds. The number of alkyl halides is 5. The van der Waals surface area contributed by atoms with Gasteiger partial charge in [0.25, 0.3) is 6.43 Å². The van der Waals surface area contributed by atoms with E-state index < -0.39 is 36.2 Å². The first-order chi connectivity index (χ1) is 11.2. The summed E-state index contributed by atoms with van der Waals surface area (Å²) in [6.45, 7) is 0. The van der Waals surface area contributed by atoms with E-state index in [1.165, 1.54) is 6.08 Å². The van der Waals surface area contributed by atoms with Crippen molar-refractivity contribution in [1.82, 2.24) is 0 Å². The summed E-state index contributed by atoms with van der Waals surface area (Å²) < 4.78 is 88.6. The highest BCUT2D eigenvalue weighted by Crippen LogP contribution is 2.38. The Bertz CT molecular complexity index is 558. The molecule has 0 nitrogen and oxygen atoms in total. The van der Waals surface area contributed by atoms with E-state index in [1.807, 2.05) is 0 Å².